The van der Waals surface area contributed by atoms with Crippen molar-refractivity contribution in [2.75, 3.05) is 12.4 Å². The molecule has 1 N–H and O–H groups in total. The fraction of sp³-hybridized carbons (Fsp3) is 0.450. The van der Waals surface area contributed by atoms with Gasteiger partial charge in [0.1, 0.15) is 0 Å². The van der Waals surface area contributed by atoms with Gasteiger partial charge < -0.3 is 10.1 Å². The number of rotatable bonds is 4. The lowest BCUT2D eigenvalue weighted by Crippen LogP contribution is -2.30. The first kappa shape index (κ1) is 15.9. The monoisotopic (exact) mass is 310 g/mol. The molecule has 0 radical (unpaired) electrons. The molecule has 1 aromatic heterocycles. The Bertz CT molecular complexity index is 641. The molecule has 3 heteroatoms. The third-order valence-corrected chi connectivity index (χ3v) is 4.81. The largest absolute Gasteiger partial charge is 0.481 e. The SMILES string of the molecule is COc1ncc(NC2CC(C)CC(c3ccccc3)C2)cc1C. The Hall–Kier alpha value is -2.03. The smallest absolute Gasteiger partial charge is 0.216 e. The number of hydrogen-bond donors (Lipinski definition) is 1. The predicted octanol–water partition coefficient (Wildman–Crippen LogP) is 4.78. The maximum absolute atomic E-state index is 5.24. The summed E-state index contributed by atoms with van der Waals surface area (Å²) in [5.74, 6) is 2.08. The Morgan fingerprint density at radius 3 is 2.61 bits per heavy atom. The first-order chi connectivity index (χ1) is 11.2. The van der Waals surface area contributed by atoms with Crippen molar-refractivity contribution in [3.63, 3.8) is 0 Å². The Kier molecular flexibility index (Phi) is 4.85. The molecule has 1 aromatic carbocycles. The average molecular weight is 310 g/mol. The highest BCUT2D eigenvalue weighted by Gasteiger charge is 2.27. The number of methoxy groups -OCH3 is 1. The lowest BCUT2D eigenvalue weighted by molar-refractivity contribution is 0.320. The van der Waals surface area contributed by atoms with Crippen molar-refractivity contribution in [3.8, 4) is 5.88 Å². The van der Waals surface area contributed by atoms with Crippen molar-refractivity contribution in [3.05, 3.63) is 53.7 Å². The van der Waals surface area contributed by atoms with E-state index in [4.69, 9.17) is 4.74 Å². The van der Waals surface area contributed by atoms with Crippen LogP contribution in [0.2, 0.25) is 0 Å². The van der Waals surface area contributed by atoms with Gasteiger partial charge in [-0.3, -0.25) is 0 Å². The normalized spacial score (nSPS) is 24.2. The molecule has 3 atom stereocenters. The van der Waals surface area contributed by atoms with Crippen LogP contribution in [0.4, 0.5) is 5.69 Å². The Morgan fingerprint density at radius 2 is 1.91 bits per heavy atom. The van der Waals surface area contributed by atoms with Crippen LogP contribution in [-0.4, -0.2) is 18.1 Å². The zero-order valence-electron chi connectivity index (χ0n) is 14.3. The molecule has 0 amide bonds. The number of anilines is 1. The van der Waals surface area contributed by atoms with Gasteiger partial charge in [0, 0.05) is 11.6 Å². The molecule has 3 rings (SSSR count). The zero-order chi connectivity index (χ0) is 16.2. The summed E-state index contributed by atoms with van der Waals surface area (Å²) in [6.07, 6.45) is 5.55. The molecule has 1 aliphatic rings. The van der Waals surface area contributed by atoms with Crippen molar-refractivity contribution in [2.24, 2.45) is 5.92 Å². The number of ether oxygens (including phenoxy) is 1. The van der Waals surface area contributed by atoms with Gasteiger partial charge >= 0.3 is 0 Å². The van der Waals surface area contributed by atoms with Crippen LogP contribution in [-0.2, 0) is 0 Å². The van der Waals surface area contributed by atoms with E-state index in [1.54, 1.807) is 7.11 Å². The predicted molar refractivity (Wildman–Crippen MR) is 95.1 cm³/mol. The van der Waals surface area contributed by atoms with Crippen LogP contribution in [0.1, 0.15) is 43.2 Å². The summed E-state index contributed by atoms with van der Waals surface area (Å²) in [5.41, 5.74) is 3.63. The topological polar surface area (TPSA) is 34.1 Å². The van der Waals surface area contributed by atoms with Gasteiger partial charge in [0.05, 0.1) is 19.0 Å². The van der Waals surface area contributed by atoms with Crippen LogP contribution in [0.15, 0.2) is 42.6 Å². The second-order valence-corrected chi connectivity index (χ2v) is 6.81. The molecule has 1 fully saturated rings. The van der Waals surface area contributed by atoms with E-state index in [0.717, 1.165) is 17.2 Å². The molecule has 3 unspecified atom stereocenters. The quantitative estimate of drug-likeness (QED) is 0.882. The van der Waals surface area contributed by atoms with E-state index in [2.05, 4.69) is 53.6 Å². The summed E-state index contributed by atoms with van der Waals surface area (Å²) in [6, 6.07) is 13.5. The number of benzene rings is 1. The van der Waals surface area contributed by atoms with E-state index in [0.29, 0.717) is 17.8 Å². The van der Waals surface area contributed by atoms with Gasteiger partial charge in [-0.25, -0.2) is 4.98 Å². The van der Waals surface area contributed by atoms with Crippen molar-refractivity contribution in [2.45, 2.75) is 45.1 Å². The van der Waals surface area contributed by atoms with Gasteiger partial charge in [-0.15, -0.1) is 0 Å². The van der Waals surface area contributed by atoms with E-state index in [1.807, 2.05) is 13.1 Å². The van der Waals surface area contributed by atoms with Crippen molar-refractivity contribution >= 4 is 5.69 Å². The molecule has 0 spiro atoms. The molecular weight excluding hydrogens is 284 g/mol. The molecule has 1 heterocycles. The lowest BCUT2D eigenvalue weighted by atomic mass is 9.76. The van der Waals surface area contributed by atoms with E-state index in [-0.39, 0.29) is 0 Å². The number of pyridine rings is 1. The maximum Gasteiger partial charge on any atom is 0.216 e. The minimum atomic E-state index is 0.499. The fourth-order valence-corrected chi connectivity index (χ4v) is 3.81. The Labute approximate surface area is 139 Å². The highest BCUT2D eigenvalue weighted by atomic mass is 16.5. The fourth-order valence-electron chi connectivity index (χ4n) is 3.81. The van der Waals surface area contributed by atoms with Gasteiger partial charge in [0.25, 0.3) is 0 Å². The number of nitrogens with one attached hydrogen (secondary N) is 1. The van der Waals surface area contributed by atoms with Crippen LogP contribution in [0, 0.1) is 12.8 Å². The van der Waals surface area contributed by atoms with Gasteiger partial charge in [-0.05, 0) is 49.7 Å². The van der Waals surface area contributed by atoms with Crippen LogP contribution < -0.4 is 10.1 Å². The molecule has 122 valence electrons. The third kappa shape index (κ3) is 3.84. The molecule has 0 aliphatic heterocycles. The summed E-state index contributed by atoms with van der Waals surface area (Å²) >= 11 is 0. The van der Waals surface area contributed by atoms with E-state index < -0.39 is 0 Å². The molecular formula is C20H26N2O. The highest BCUT2D eigenvalue weighted by molar-refractivity contribution is 5.47. The van der Waals surface area contributed by atoms with Crippen LogP contribution in [0.25, 0.3) is 0 Å². The van der Waals surface area contributed by atoms with E-state index >= 15 is 0 Å². The van der Waals surface area contributed by atoms with E-state index in [1.165, 1.54) is 24.8 Å². The molecule has 0 bridgehead atoms. The molecule has 23 heavy (non-hydrogen) atoms. The standard InChI is InChI=1S/C20H26N2O/c1-14-9-17(16-7-5-4-6-8-16)12-18(10-14)22-19-11-15(2)20(23-3)21-13-19/h4-8,11,13-14,17-18,22H,9-10,12H2,1-3H3. The van der Waals surface area contributed by atoms with Gasteiger partial charge in [0.2, 0.25) is 5.88 Å². The first-order valence-electron chi connectivity index (χ1n) is 8.48. The molecule has 1 saturated carbocycles. The minimum absolute atomic E-state index is 0.499. The summed E-state index contributed by atoms with van der Waals surface area (Å²) in [6.45, 7) is 4.40. The Morgan fingerprint density at radius 1 is 1.13 bits per heavy atom. The zero-order valence-corrected chi connectivity index (χ0v) is 14.3. The lowest BCUT2D eigenvalue weighted by Gasteiger charge is -2.34. The van der Waals surface area contributed by atoms with Crippen molar-refractivity contribution in [1.82, 2.24) is 4.98 Å². The van der Waals surface area contributed by atoms with E-state index in [9.17, 15) is 0 Å². The second-order valence-electron chi connectivity index (χ2n) is 6.81. The van der Waals surface area contributed by atoms with Gasteiger partial charge in [-0.2, -0.15) is 0 Å². The third-order valence-electron chi connectivity index (χ3n) is 4.81. The highest BCUT2D eigenvalue weighted by Crippen LogP contribution is 2.37. The molecule has 2 aromatic rings. The van der Waals surface area contributed by atoms with Gasteiger partial charge in [-0.1, -0.05) is 37.3 Å². The summed E-state index contributed by atoms with van der Waals surface area (Å²) < 4.78 is 5.24. The van der Waals surface area contributed by atoms with Crippen LogP contribution >= 0.6 is 0 Å². The molecule has 3 nitrogen and oxygen atoms in total. The Balaban J connectivity index is 1.71. The van der Waals surface area contributed by atoms with Crippen LogP contribution in [0.5, 0.6) is 5.88 Å². The number of aromatic nitrogens is 1. The number of hydrogen-bond acceptors (Lipinski definition) is 3. The first-order valence-corrected chi connectivity index (χ1v) is 8.48. The summed E-state index contributed by atoms with van der Waals surface area (Å²) in [4.78, 5) is 4.37. The number of nitrogens with zero attached hydrogens (tertiary/aromatic N) is 1. The van der Waals surface area contributed by atoms with Crippen LogP contribution in [0.3, 0.4) is 0 Å². The summed E-state index contributed by atoms with van der Waals surface area (Å²) in [7, 11) is 1.66. The molecule has 0 saturated heterocycles. The van der Waals surface area contributed by atoms with Crippen molar-refractivity contribution in [1.29, 1.82) is 0 Å². The van der Waals surface area contributed by atoms with Crippen molar-refractivity contribution < 1.29 is 4.74 Å². The maximum atomic E-state index is 5.24. The molecule has 1 aliphatic carbocycles. The minimum Gasteiger partial charge on any atom is -0.481 e. The average Bonchev–Trinajstić information content (AvgIpc) is 2.55. The summed E-state index contributed by atoms with van der Waals surface area (Å²) in [5, 5.41) is 3.69. The second kappa shape index (κ2) is 7.03. The number of aryl methyl sites for hydroxylation is 1. The van der Waals surface area contributed by atoms with Gasteiger partial charge in [0.15, 0.2) is 0 Å².